The highest BCUT2D eigenvalue weighted by molar-refractivity contribution is 5.89. The van der Waals surface area contributed by atoms with Crippen LogP contribution in [-0.4, -0.2) is 18.8 Å². The maximum absolute atomic E-state index is 5.24. The van der Waals surface area contributed by atoms with Gasteiger partial charge in [-0.1, -0.05) is 206 Å². The molecule has 0 aliphatic rings. The zero-order valence-corrected chi connectivity index (χ0v) is 43.7. The average molecular weight is 1030 g/mol. The Morgan fingerprint density at radius 1 is 0.212 bits per heavy atom. The maximum atomic E-state index is 5.24. The first-order valence-corrected chi connectivity index (χ1v) is 27.0. The molecule has 0 radical (unpaired) electrons. The van der Waals surface area contributed by atoms with E-state index in [4.69, 9.17) is 9.97 Å². The SMILES string of the molecule is c1ccc(-c2ccc(N(c3ccc(-c4ccc(N(c5ccc(-c6ccccc6)cc5)c5cccc(-c6nc7ccccn7c6-c6ccccc6)c5)cc4)cc3)c3cccc(-c4nc5ccccn5c4-c4ccccc4)c3)cc2)cc1. The quantitative estimate of drug-likeness (QED) is 0.115. The largest absolute Gasteiger partial charge is 0.310 e. The molecule has 0 unspecified atom stereocenters. The Kier molecular flexibility index (Phi) is 12.5. The Balaban J connectivity index is 0.828. The summed E-state index contributed by atoms with van der Waals surface area (Å²) in [5.74, 6) is 0. The summed E-state index contributed by atoms with van der Waals surface area (Å²) in [4.78, 5) is 15.2. The molecule has 4 heterocycles. The molecule has 6 nitrogen and oxygen atoms in total. The van der Waals surface area contributed by atoms with Crippen molar-refractivity contribution in [3.8, 4) is 78.4 Å². The summed E-state index contributed by atoms with van der Waals surface area (Å²) in [5.41, 5.74) is 23.3. The number of aromatic nitrogens is 4. The number of hydrogen-bond acceptors (Lipinski definition) is 4. The monoisotopic (exact) mass is 1020 g/mol. The fraction of sp³-hybridized carbons (Fsp3) is 0. The molecular weight excluding hydrogens is 973 g/mol. The third-order valence-corrected chi connectivity index (χ3v) is 15.0. The van der Waals surface area contributed by atoms with Crippen LogP contribution in [0.5, 0.6) is 0 Å². The van der Waals surface area contributed by atoms with Gasteiger partial charge in [0.15, 0.2) is 0 Å². The Morgan fingerprint density at radius 3 is 0.812 bits per heavy atom. The van der Waals surface area contributed by atoms with Crippen LogP contribution in [0.3, 0.4) is 0 Å². The van der Waals surface area contributed by atoms with Crippen molar-refractivity contribution in [2.75, 3.05) is 9.80 Å². The smallest absolute Gasteiger partial charge is 0.137 e. The molecule has 0 N–H and O–H groups in total. The van der Waals surface area contributed by atoms with Crippen molar-refractivity contribution in [2.45, 2.75) is 0 Å². The molecule has 6 heteroatoms. The maximum Gasteiger partial charge on any atom is 0.137 e. The van der Waals surface area contributed by atoms with Crippen molar-refractivity contribution in [2.24, 2.45) is 0 Å². The van der Waals surface area contributed by atoms with Gasteiger partial charge in [0.2, 0.25) is 0 Å². The second-order valence-corrected chi connectivity index (χ2v) is 19.9. The molecule has 0 aliphatic carbocycles. The van der Waals surface area contributed by atoms with E-state index in [1.54, 1.807) is 0 Å². The molecule has 4 aromatic heterocycles. The summed E-state index contributed by atoms with van der Waals surface area (Å²) in [7, 11) is 0. The van der Waals surface area contributed by atoms with E-state index in [9.17, 15) is 0 Å². The first-order valence-electron chi connectivity index (χ1n) is 27.0. The molecule has 0 bridgehead atoms. The first-order chi connectivity index (χ1) is 39.7. The van der Waals surface area contributed by atoms with Crippen molar-refractivity contribution in [3.63, 3.8) is 0 Å². The topological polar surface area (TPSA) is 41.1 Å². The number of rotatable bonds is 13. The predicted octanol–water partition coefficient (Wildman–Crippen LogP) is 19.6. The van der Waals surface area contributed by atoms with Gasteiger partial charge in [-0.15, -0.1) is 0 Å². The molecule has 0 saturated carbocycles. The van der Waals surface area contributed by atoms with Crippen molar-refractivity contribution in [1.82, 2.24) is 18.8 Å². The number of anilines is 6. The fourth-order valence-corrected chi connectivity index (χ4v) is 11.1. The van der Waals surface area contributed by atoms with E-state index in [2.05, 4.69) is 322 Å². The molecular formula is C74H52N6. The number of nitrogens with zero attached hydrogens (tertiary/aromatic N) is 6. The molecule has 14 aromatic rings. The Labute approximate surface area is 465 Å². The number of hydrogen-bond donors (Lipinski definition) is 0. The molecule has 0 fully saturated rings. The lowest BCUT2D eigenvalue weighted by atomic mass is 10.0. The molecule has 0 saturated heterocycles. The van der Waals surface area contributed by atoms with Crippen LogP contribution in [0.25, 0.3) is 89.7 Å². The van der Waals surface area contributed by atoms with Crippen LogP contribution in [0.4, 0.5) is 34.1 Å². The van der Waals surface area contributed by atoms with Crippen LogP contribution in [0.1, 0.15) is 0 Å². The van der Waals surface area contributed by atoms with Gasteiger partial charge >= 0.3 is 0 Å². The summed E-state index contributed by atoms with van der Waals surface area (Å²) < 4.78 is 4.37. The van der Waals surface area contributed by atoms with Gasteiger partial charge in [-0.2, -0.15) is 0 Å². The van der Waals surface area contributed by atoms with Crippen LogP contribution < -0.4 is 9.80 Å². The predicted molar refractivity (Wildman–Crippen MR) is 331 cm³/mol. The van der Waals surface area contributed by atoms with Crippen LogP contribution >= 0.6 is 0 Å². The molecule has 0 aliphatic heterocycles. The van der Waals surface area contributed by atoms with Gasteiger partial charge in [-0.05, 0) is 130 Å². The average Bonchev–Trinajstić information content (AvgIpc) is 4.14. The zero-order valence-electron chi connectivity index (χ0n) is 43.7. The highest BCUT2D eigenvalue weighted by atomic mass is 15.1. The summed E-state index contributed by atoms with van der Waals surface area (Å²) >= 11 is 0. The summed E-state index contributed by atoms with van der Waals surface area (Å²) in [6.45, 7) is 0. The standard InChI is InChI=1S/C74H52N6/c1-5-19-53(20-6-1)55-33-41-63(42-34-55)79(67-29-17-27-61(51-67)71-73(59-23-9-3-10-24-59)77-49-15-13-31-69(77)75-71)65-45-37-57(38-46-65)58-39-47-66(48-40-58)80(64-43-35-56(36-44-64)54-21-7-2-8-22-54)68-30-18-28-62(52-68)72-74(60-25-11-4-12-26-60)78-50-16-14-32-70(78)76-72/h1-52H. The first kappa shape index (κ1) is 47.6. The van der Waals surface area contributed by atoms with Gasteiger partial charge in [-0.3, -0.25) is 8.80 Å². The molecule has 0 atom stereocenters. The third kappa shape index (κ3) is 9.16. The van der Waals surface area contributed by atoms with Crippen molar-refractivity contribution in [1.29, 1.82) is 0 Å². The molecule has 14 rings (SSSR count). The van der Waals surface area contributed by atoms with Crippen LogP contribution in [-0.2, 0) is 0 Å². The van der Waals surface area contributed by atoms with E-state index in [0.717, 1.165) is 102 Å². The Morgan fingerprint density at radius 2 is 0.487 bits per heavy atom. The van der Waals surface area contributed by atoms with Gasteiger partial charge in [0.1, 0.15) is 11.3 Å². The summed E-state index contributed by atoms with van der Waals surface area (Å²) in [6.07, 6.45) is 4.19. The third-order valence-electron chi connectivity index (χ3n) is 15.0. The van der Waals surface area contributed by atoms with Crippen molar-refractivity contribution in [3.05, 3.63) is 316 Å². The number of fused-ring (bicyclic) bond motifs is 2. The molecule has 80 heavy (non-hydrogen) atoms. The lowest BCUT2D eigenvalue weighted by Crippen LogP contribution is -2.10. The fourth-order valence-electron chi connectivity index (χ4n) is 11.1. The van der Waals surface area contributed by atoms with Crippen LogP contribution in [0, 0.1) is 0 Å². The second kappa shape index (κ2) is 21.0. The zero-order chi connectivity index (χ0) is 53.2. The van der Waals surface area contributed by atoms with Gasteiger partial charge in [-0.25, -0.2) is 9.97 Å². The van der Waals surface area contributed by atoms with Crippen molar-refractivity contribution >= 4 is 45.4 Å². The molecule has 0 spiro atoms. The minimum absolute atomic E-state index is 0.903. The number of imidazole rings is 2. The Bertz CT molecular complexity index is 4130. The minimum Gasteiger partial charge on any atom is -0.310 e. The highest BCUT2D eigenvalue weighted by Gasteiger charge is 2.22. The lowest BCUT2D eigenvalue weighted by Gasteiger charge is -2.27. The van der Waals surface area contributed by atoms with Gasteiger partial charge in [0.05, 0.1) is 22.8 Å². The van der Waals surface area contributed by atoms with E-state index >= 15 is 0 Å². The Hall–Kier alpha value is -10.8. The van der Waals surface area contributed by atoms with Crippen LogP contribution in [0.15, 0.2) is 316 Å². The lowest BCUT2D eigenvalue weighted by molar-refractivity contribution is 1.19. The van der Waals surface area contributed by atoms with Gasteiger partial charge in [0.25, 0.3) is 0 Å². The number of pyridine rings is 2. The van der Waals surface area contributed by atoms with E-state index in [0.29, 0.717) is 0 Å². The number of benzene rings is 10. The van der Waals surface area contributed by atoms with Crippen molar-refractivity contribution < 1.29 is 0 Å². The molecule has 10 aromatic carbocycles. The normalized spacial score (nSPS) is 11.2. The molecule has 0 amide bonds. The summed E-state index contributed by atoms with van der Waals surface area (Å²) in [5, 5.41) is 0. The van der Waals surface area contributed by atoms with Gasteiger partial charge in [0, 0.05) is 68.8 Å². The van der Waals surface area contributed by atoms with Gasteiger partial charge < -0.3 is 9.80 Å². The van der Waals surface area contributed by atoms with E-state index in [-0.39, 0.29) is 0 Å². The summed E-state index contributed by atoms with van der Waals surface area (Å²) in [6, 6.07) is 108. The van der Waals surface area contributed by atoms with E-state index in [1.807, 2.05) is 12.1 Å². The van der Waals surface area contributed by atoms with Crippen LogP contribution in [0.2, 0.25) is 0 Å². The molecule has 378 valence electrons. The van der Waals surface area contributed by atoms with E-state index in [1.165, 1.54) is 22.3 Å². The van der Waals surface area contributed by atoms with E-state index < -0.39 is 0 Å². The minimum atomic E-state index is 0.903. The highest BCUT2D eigenvalue weighted by Crippen LogP contribution is 2.43. The second-order valence-electron chi connectivity index (χ2n) is 19.9.